The maximum atomic E-state index is 12.0. The quantitative estimate of drug-likeness (QED) is 0.395. The second-order valence-corrected chi connectivity index (χ2v) is 6.34. The topological polar surface area (TPSA) is 97.7 Å². The van der Waals surface area contributed by atoms with Crippen molar-refractivity contribution in [3.05, 3.63) is 73.4 Å². The van der Waals surface area contributed by atoms with E-state index in [0.717, 1.165) is 5.56 Å². The second kappa shape index (κ2) is 7.15. The molecule has 0 bridgehead atoms. The van der Waals surface area contributed by atoms with Crippen molar-refractivity contribution in [3.8, 4) is 0 Å². The zero-order chi connectivity index (χ0) is 18.8. The SMILES string of the molecule is Cc1cc([N+](=O)[O-])c2oc(/C=N/NC(=O)c3cc(Cl)cc(Cl)c3)cc2c1. The smallest absolute Gasteiger partial charge is 0.312 e. The molecule has 3 rings (SSSR count). The van der Waals surface area contributed by atoms with Crippen LogP contribution in [0.2, 0.25) is 10.0 Å². The number of furan rings is 1. The van der Waals surface area contributed by atoms with Gasteiger partial charge in [0.15, 0.2) is 0 Å². The number of amides is 1. The molecule has 7 nitrogen and oxygen atoms in total. The summed E-state index contributed by atoms with van der Waals surface area (Å²) in [6.45, 7) is 1.75. The summed E-state index contributed by atoms with van der Waals surface area (Å²) in [4.78, 5) is 22.7. The molecule has 132 valence electrons. The van der Waals surface area contributed by atoms with Crippen LogP contribution in [-0.4, -0.2) is 17.0 Å². The van der Waals surface area contributed by atoms with Crippen LogP contribution in [0.5, 0.6) is 0 Å². The predicted octanol–water partition coefficient (Wildman–Crippen LogP) is 4.72. The summed E-state index contributed by atoms with van der Waals surface area (Å²) in [5, 5.41) is 16.1. The Hall–Kier alpha value is -2.90. The first-order chi connectivity index (χ1) is 12.3. The van der Waals surface area contributed by atoms with Gasteiger partial charge in [0, 0.05) is 27.1 Å². The summed E-state index contributed by atoms with van der Waals surface area (Å²) in [5.41, 5.74) is 3.32. The number of aryl methyl sites for hydroxylation is 1. The highest BCUT2D eigenvalue weighted by Gasteiger charge is 2.17. The summed E-state index contributed by atoms with van der Waals surface area (Å²) in [6.07, 6.45) is 1.25. The third kappa shape index (κ3) is 3.84. The van der Waals surface area contributed by atoms with Crippen LogP contribution < -0.4 is 5.43 Å². The zero-order valence-electron chi connectivity index (χ0n) is 13.3. The Morgan fingerprint density at radius 3 is 2.54 bits per heavy atom. The molecule has 3 aromatic rings. The van der Waals surface area contributed by atoms with Crippen LogP contribution in [0.1, 0.15) is 21.7 Å². The number of rotatable bonds is 4. The largest absolute Gasteiger partial charge is 0.448 e. The highest BCUT2D eigenvalue weighted by Crippen LogP contribution is 2.29. The molecular formula is C17H11Cl2N3O4. The van der Waals surface area contributed by atoms with Gasteiger partial charge in [-0.2, -0.15) is 5.10 Å². The number of non-ortho nitro benzene ring substituents is 1. The number of halogens is 2. The van der Waals surface area contributed by atoms with Gasteiger partial charge in [0.2, 0.25) is 5.58 Å². The molecule has 0 atom stereocenters. The van der Waals surface area contributed by atoms with Gasteiger partial charge in [-0.05, 0) is 42.8 Å². The number of nitro benzene ring substituents is 1. The number of fused-ring (bicyclic) bond motifs is 1. The molecule has 0 aliphatic heterocycles. The van der Waals surface area contributed by atoms with Crippen LogP contribution in [0, 0.1) is 17.0 Å². The number of carbonyl (C=O) groups is 1. The van der Waals surface area contributed by atoms with E-state index in [0.29, 0.717) is 15.4 Å². The minimum atomic E-state index is -0.511. The summed E-state index contributed by atoms with van der Waals surface area (Å²) >= 11 is 11.7. The molecule has 1 amide bonds. The maximum absolute atomic E-state index is 12.0. The van der Waals surface area contributed by atoms with Gasteiger partial charge in [0.25, 0.3) is 5.91 Å². The second-order valence-electron chi connectivity index (χ2n) is 5.47. The van der Waals surface area contributed by atoms with Crippen LogP contribution in [0.25, 0.3) is 11.0 Å². The third-order valence-electron chi connectivity index (χ3n) is 3.44. The molecule has 26 heavy (non-hydrogen) atoms. The fraction of sp³-hybridized carbons (Fsp3) is 0.0588. The molecule has 1 aromatic heterocycles. The lowest BCUT2D eigenvalue weighted by molar-refractivity contribution is -0.383. The van der Waals surface area contributed by atoms with Crippen LogP contribution >= 0.6 is 23.2 Å². The van der Waals surface area contributed by atoms with Gasteiger partial charge in [-0.15, -0.1) is 0 Å². The third-order valence-corrected chi connectivity index (χ3v) is 3.88. The van der Waals surface area contributed by atoms with E-state index < -0.39 is 10.8 Å². The molecule has 1 N–H and O–H groups in total. The number of nitrogens with zero attached hydrogens (tertiary/aromatic N) is 2. The molecule has 1 heterocycles. The van der Waals surface area contributed by atoms with E-state index in [-0.39, 0.29) is 22.6 Å². The van der Waals surface area contributed by atoms with Crippen molar-refractivity contribution in [1.29, 1.82) is 0 Å². The molecule has 0 spiro atoms. The van der Waals surface area contributed by atoms with Gasteiger partial charge >= 0.3 is 5.69 Å². The van der Waals surface area contributed by atoms with E-state index in [1.165, 1.54) is 30.5 Å². The van der Waals surface area contributed by atoms with Crippen molar-refractivity contribution >= 4 is 52.0 Å². The number of nitro groups is 1. The molecule has 0 aliphatic rings. The molecule has 0 saturated carbocycles. The van der Waals surface area contributed by atoms with Crippen molar-refractivity contribution in [1.82, 2.24) is 5.43 Å². The van der Waals surface area contributed by atoms with Crippen molar-refractivity contribution in [2.45, 2.75) is 6.92 Å². The van der Waals surface area contributed by atoms with E-state index in [9.17, 15) is 14.9 Å². The number of benzene rings is 2. The molecule has 2 aromatic carbocycles. The summed E-state index contributed by atoms with van der Waals surface area (Å²) in [7, 11) is 0. The van der Waals surface area contributed by atoms with Gasteiger partial charge in [-0.1, -0.05) is 23.2 Å². The van der Waals surface area contributed by atoms with E-state index in [1.807, 2.05) is 0 Å². The fourth-order valence-corrected chi connectivity index (χ4v) is 2.93. The Morgan fingerprint density at radius 2 is 1.88 bits per heavy atom. The fourth-order valence-electron chi connectivity index (χ4n) is 2.40. The molecular weight excluding hydrogens is 381 g/mol. The molecule has 0 aliphatic carbocycles. The molecule has 0 unspecified atom stereocenters. The van der Waals surface area contributed by atoms with Gasteiger partial charge < -0.3 is 4.42 Å². The Morgan fingerprint density at radius 1 is 1.19 bits per heavy atom. The van der Waals surface area contributed by atoms with Crippen LogP contribution in [0.15, 0.2) is 45.9 Å². The summed E-state index contributed by atoms with van der Waals surface area (Å²) < 4.78 is 5.46. The molecule has 0 radical (unpaired) electrons. The van der Waals surface area contributed by atoms with E-state index in [2.05, 4.69) is 10.5 Å². The lowest BCUT2D eigenvalue weighted by Crippen LogP contribution is -2.17. The zero-order valence-corrected chi connectivity index (χ0v) is 14.8. The normalized spacial score (nSPS) is 11.2. The predicted molar refractivity (Wildman–Crippen MR) is 99.1 cm³/mol. The first-order valence-electron chi connectivity index (χ1n) is 7.31. The van der Waals surface area contributed by atoms with Crippen LogP contribution in [0.3, 0.4) is 0 Å². The van der Waals surface area contributed by atoms with Crippen molar-refractivity contribution in [3.63, 3.8) is 0 Å². The monoisotopic (exact) mass is 391 g/mol. The maximum Gasteiger partial charge on any atom is 0.312 e. The Labute approximate surface area is 157 Å². The first kappa shape index (κ1) is 17.9. The van der Waals surface area contributed by atoms with Gasteiger partial charge in [-0.25, -0.2) is 5.43 Å². The Bertz CT molecular complexity index is 1040. The first-order valence-corrected chi connectivity index (χ1v) is 8.07. The Balaban J connectivity index is 1.81. The number of hydrogen-bond acceptors (Lipinski definition) is 5. The average molecular weight is 392 g/mol. The van der Waals surface area contributed by atoms with Crippen molar-refractivity contribution in [2.24, 2.45) is 5.10 Å². The number of carbonyl (C=O) groups excluding carboxylic acids is 1. The lowest BCUT2D eigenvalue weighted by Gasteiger charge is -2.01. The van der Waals surface area contributed by atoms with Crippen LogP contribution in [-0.2, 0) is 0 Å². The average Bonchev–Trinajstić information content (AvgIpc) is 2.95. The van der Waals surface area contributed by atoms with Gasteiger partial charge in [0.05, 0.1) is 11.1 Å². The minimum absolute atomic E-state index is 0.128. The number of hydrogen-bond donors (Lipinski definition) is 1. The van der Waals surface area contributed by atoms with Crippen molar-refractivity contribution in [2.75, 3.05) is 0 Å². The summed E-state index contributed by atoms with van der Waals surface area (Å²) in [6, 6.07) is 9.19. The molecule has 0 saturated heterocycles. The summed E-state index contributed by atoms with van der Waals surface area (Å²) in [5.74, 6) is -0.248. The lowest BCUT2D eigenvalue weighted by atomic mass is 10.1. The highest BCUT2D eigenvalue weighted by molar-refractivity contribution is 6.35. The number of nitrogens with one attached hydrogen (secondary N) is 1. The van der Waals surface area contributed by atoms with Crippen molar-refractivity contribution < 1.29 is 14.1 Å². The molecule has 9 heteroatoms. The van der Waals surface area contributed by atoms with Gasteiger partial charge in [0.1, 0.15) is 5.76 Å². The van der Waals surface area contributed by atoms with Gasteiger partial charge in [-0.3, -0.25) is 14.9 Å². The standard InChI is InChI=1S/C17H11Cl2N3O4/c1-9-2-10-6-14(26-16(10)15(3-9)22(24)25)8-20-21-17(23)11-4-12(18)7-13(19)5-11/h2-8H,1H3,(H,21,23)/b20-8+. The number of hydrazone groups is 1. The van der Waals surface area contributed by atoms with Crippen LogP contribution in [0.4, 0.5) is 5.69 Å². The van der Waals surface area contributed by atoms with E-state index in [1.54, 1.807) is 19.1 Å². The minimum Gasteiger partial charge on any atom is -0.448 e. The van der Waals surface area contributed by atoms with E-state index in [4.69, 9.17) is 27.6 Å². The molecule has 0 fully saturated rings. The highest BCUT2D eigenvalue weighted by atomic mass is 35.5. The Kier molecular flexibility index (Phi) is 4.92. The van der Waals surface area contributed by atoms with E-state index >= 15 is 0 Å².